The SMILES string of the molecule is C=CC(=O)Nc1cc(Nc2cc(N3OCCC3c3cccc(OCc4ccccn4)c3)ncn2)c(OC)cc1N1CCC(N2CCN(C3CC3)CC2)CC1. The summed E-state index contributed by atoms with van der Waals surface area (Å²) < 4.78 is 12.0. The molecule has 0 bridgehead atoms. The maximum absolute atomic E-state index is 12.7. The van der Waals surface area contributed by atoms with Crippen LogP contribution >= 0.6 is 0 Å². The van der Waals surface area contributed by atoms with Gasteiger partial charge in [0.2, 0.25) is 5.91 Å². The van der Waals surface area contributed by atoms with Crippen LogP contribution in [-0.2, 0) is 16.2 Å². The minimum absolute atomic E-state index is 0.0721. The lowest BCUT2D eigenvalue weighted by molar-refractivity contribution is -0.111. The van der Waals surface area contributed by atoms with E-state index < -0.39 is 0 Å². The lowest BCUT2D eigenvalue weighted by atomic mass is 10.0. The molecule has 5 heterocycles. The molecule has 4 fully saturated rings. The monoisotopic (exact) mass is 731 g/mol. The van der Waals surface area contributed by atoms with E-state index in [1.54, 1.807) is 13.3 Å². The molecule has 13 nitrogen and oxygen atoms in total. The summed E-state index contributed by atoms with van der Waals surface area (Å²) in [4.78, 5) is 40.0. The molecule has 2 aromatic carbocycles. The molecule has 282 valence electrons. The van der Waals surface area contributed by atoms with Gasteiger partial charge in [0.25, 0.3) is 0 Å². The fraction of sp³-hybridized carbons (Fsp3) is 0.415. The van der Waals surface area contributed by atoms with Gasteiger partial charge in [0, 0.05) is 76.1 Å². The molecule has 3 saturated heterocycles. The Kier molecular flexibility index (Phi) is 10.9. The van der Waals surface area contributed by atoms with E-state index in [0.717, 1.165) is 74.2 Å². The minimum atomic E-state index is -0.275. The van der Waals surface area contributed by atoms with Gasteiger partial charge in [-0.25, -0.2) is 15.0 Å². The molecule has 1 saturated carbocycles. The van der Waals surface area contributed by atoms with Crippen LogP contribution in [0.25, 0.3) is 0 Å². The van der Waals surface area contributed by atoms with Crippen molar-refractivity contribution in [2.24, 2.45) is 0 Å². The Labute approximate surface area is 316 Å². The molecule has 0 spiro atoms. The van der Waals surface area contributed by atoms with Gasteiger partial charge in [-0.1, -0.05) is 24.8 Å². The molecule has 2 N–H and O–H groups in total. The van der Waals surface area contributed by atoms with Crippen LogP contribution in [0, 0.1) is 0 Å². The van der Waals surface area contributed by atoms with Crippen molar-refractivity contribution < 1.29 is 19.1 Å². The van der Waals surface area contributed by atoms with Crippen molar-refractivity contribution in [1.29, 1.82) is 0 Å². The van der Waals surface area contributed by atoms with Gasteiger partial charge >= 0.3 is 0 Å². The number of carbonyl (C=O) groups excluding carboxylic acids is 1. The quantitative estimate of drug-likeness (QED) is 0.158. The molecule has 1 atom stereocenters. The van der Waals surface area contributed by atoms with E-state index in [9.17, 15) is 4.79 Å². The summed E-state index contributed by atoms with van der Waals surface area (Å²) >= 11 is 0. The molecule has 8 rings (SSSR count). The number of nitrogens with zero attached hydrogens (tertiary/aromatic N) is 7. The van der Waals surface area contributed by atoms with E-state index in [1.165, 1.54) is 38.3 Å². The summed E-state index contributed by atoms with van der Waals surface area (Å²) in [5.74, 6) is 2.29. The molecule has 3 aliphatic heterocycles. The topological polar surface area (TPSA) is 120 Å². The van der Waals surface area contributed by atoms with Crippen molar-refractivity contribution in [1.82, 2.24) is 24.8 Å². The first kappa shape index (κ1) is 35.8. The molecule has 13 heteroatoms. The number of ether oxygens (including phenoxy) is 2. The number of nitrogens with one attached hydrogen (secondary N) is 2. The van der Waals surface area contributed by atoms with Crippen LogP contribution in [0.2, 0.25) is 0 Å². The third-order valence-corrected chi connectivity index (χ3v) is 10.9. The Balaban J connectivity index is 0.966. The van der Waals surface area contributed by atoms with Gasteiger partial charge in [-0.2, -0.15) is 0 Å². The van der Waals surface area contributed by atoms with Crippen molar-refractivity contribution in [3.8, 4) is 11.5 Å². The second-order valence-corrected chi connectivity index (χ2v) is 14.3. The summed E-state index contributed by atoms with van der Waals surface area (Å²) in [6.07, 6.45) is 10.2. The maximum atomic E-state index is 12.7. The number of carbonyl (C=O) groups is 1. The highest BCUT2D eigenvalue weighted by molar-refractivity contribution is 6.02. The van der Waals surface area contributed by atoms with Crippen molar-refractivity contribution in [3.05, 3.63) is 97.1 Å². The third-order valence-electron chi connectivity index (χ3n) is 10.9. The van der Waals surface area contributed by atoms with Crippen molar-refractivity contribution in [2.45, 2.75) is 56.8 Å². The molecule has 2 aromatic heterocycles. The van der Waals surface area contributed by atoms with E-state index in [0.29, 0.717) is 48.0 Å². The smallest absolute Gasteiger partial charge is 0.247 e. The van der Waals surface area contributed by atoms with Crippen LogP contribution in [-0.4, -0.2) is 95.7 Å². The highest BCUT2D eigenvalue weighted by atomic mass is 16.7. The van der Waals surface area contributed by atoms with Gasteiger partial charge < -0.3 is 25.0 Å². The highest BCUT2D eigenvalue weighted by Gasteiger charge is 2.34. The number of aromatic nitrogens is 3. The molecule has 1 unspecified atom stereocenters. The van der Waals surface area contributed by atoms with Crippen molar-refractivity contribution >= 4 is 34.6 Å². The first-order chi connectivity index (χ1) is 26.5. The number of benzene rings is 2. The largest absolute Gasteiger partial charge is 0.494 e. The van der Waals surface area contributed by atoms with E-state index in [1.807, 2.05) is 59.7 Å². The maximum Gasteiger partial charge on any atom is 0.247 e. The van der Waals surface area contributed by atoms with Gasteiger partial charge in [0.15, 0.2) is 5.82 Å². The second kappa shape index (κ2) is 16.4. The molecule has 4 aromatic rings. The van der Waals surface area contributed by atoms with Gasteiger partial charge in [-0.15, -0.1) is 0 Å². The number of pyridine rings is 1. The Morgan fingerprint density at radius 1 is 0.889 bits per heavy atom. The van der Waals surface area contributed by atoms with Crippen LogP contribution in [0.5, 0.6) is 11.5 Å². The van der Waals surface area contributed by atoms with E-state index in [-0.39, 0.29) is 11.9 Å². The summed E-state index contributed by atoms with van der Waals surface area (Å²) in [7, 11) is 1.65. The zero-order valence-corrected chi connectivity index (χ0v) is 30.9. The number of hydrogen-bond acceptors (Lipinski definition) is 12. The van der Waals surface area contributed by atoms with Crippen molar-refractivity contribution in [2.75, 3.05) is 73.6 Å². The zero-order valence-electron chi connectivity index (χ0n) is 30.9. The highest BCUT2D eigenvalue weighted by Crippen LogP contribution is 2.41. The Morgan fingerprint density at radius 3 is 2.41 bits per heavy atom. The minimum Gasteiger partial charge on any atom is -0.494 e. The average molecular weight is 732 g/mol. The number of methoxy groups -OCH3 is 1. The average Bonchev–Trinajstić information content (AvgIpc) is 3.96. The number of hydroxylamine groups is 1. The Bertz CT molecular complexity index is 1910. The molecular formula is C41H49N9O4. The zero-order chi connectivity index (χ0) is 36.9. The Hall–Kier alpha value is -5.24. The number of rotatable bonds is 13. The standard InChI is InChI=1S/C41H49N9O4/c1-3-41(51)46-34-24-35(38(52-2)25-37(34)49-16-12-32(13-17-49)48-20-18-47(19-21-48)31-10-11-31)45-39-26-40(44-28-43-39)50-36(14-22-54-50)29-7-6-9-33(23-29)53-27-30-8-4-5-15-42-30/h3-9,15,23-26,28,31-32,36H,1,10-14,16-22,27H2,2H3,(H,46,51)(H,43,44,45). The van der Waals surface area contributed by atoms with Crippen LogP contribution in [0.3, 0.4) is 0 Å². The van der Waals surface area contributed by atoms with Crippen molar-refractivity contribution in [3.63, 3.8) is 0 Å². The number of anilines is 5. The lowest BCUT2D eigenvalue weighted by Gasteiger charge is -2.43. The normalized spacial score (nSPS) is 19.8. The lowest BCUT2D eigenvalue weighted by Crippen LogP contribution is -2.53. The molecule has 1 aliphatic carbocycles. The fourth-order valence-electron chi connectivity index (χ4n) is 7.88. The predicted octanol–water partition coefficient (Wildman–Crippen LogP) is 5.96. The predicted molar refractivity (Wildman–Crippen MR) is 209 cm³/mol. The first-order valence-corrected chi connectivity index (χ1v) is 19.1. The summed E-state index contributed by atoms with van der Waals surface area (Å²) in [6, 6.07) is 20.9. The van der Waals surface area contributed by atoms with Crippen LogP contribution in [0.15, 0.2) is 85.8 Å². The van der Waals surface area contributed by atoms with Gasteiger partial charge in [-0.3, -0.25) is 24.4 Å². The van der Waals surface area contributed by atoms with E-state index in [4.69, 9.17) is 14.3 Å². The number of hydrogen-bond donors (Lipinski definition) is 2. The Morgan fingerprint density at radius 2 is 1.69 bits per heavy atom. The van der Waals surface area contributed by atoms with Crippen LogP contribution < -0.4 is 30.1 Å². The summed E-state index contributed by atoms with van der Waals surface area (Å²) in [6.45, 7) is 11.1. The number of piperazine rings is 1. The molecule has 0 radical (unpaired) electrons. The van der Waals surface area contributed by atoms with Gasteiger partial charge in [-0.05, 0) is 67.7 Å². The van der Waals surface area contributed by atoms with E-state index >= 15 is 0 Å². The second-order valence-electron chi connectivity index (χ2n) is 14.3. The van der Waals surface area contributed by atoms with Gasteiger partial charge in [0.1, 0.15) is 30.3 Å². The first-order valence-electron chi connectivity index (χ1n) is 19.1. The molecule has 1 amide bonds. The molecule has 4 aliphatic rings. The molecule has 54 heavy (non-hydrogen) atoms. The number of amides is 1. The summed E-state index contributed by atoms with van der Waals surface area (Å²) in [5.41, 5.74) is 4.18. The van der Waals surface area contributed by atoms with Crippen LogP contribution in [0.4, 0.5) is 28.7 Å². The fourth-order valence-corrected chi connectivity index (χ4v) is 7.88. The molecular weight excluding hydrogens is 683 g/mol. The van der Waals surface area contributed by atoms with Gasteiger partial charge in [0.05, 0.1) is 42.5 Å². The number of piperidine rings is 1. The third kappa shape index (κ3) is 8.28. The summed E-state index contributed by atoms with van der Waals surface area (Å²) in [5, 5.41) is 8.30. The van der Waals surface area contributed by atoms with Crippen LogP contribution in [0.1, 0.15) is 49.4 Å². The van der Waals surface area contributed by atoms with E-state index in [2.05, 4.69) is 52.9 Å².